The van der Waals surface area contributed by atoms with Crippen molar-refractivity contribution in [2.75, 3.05) is 0 Å². The van der Waals surface area contributed by atoms with Crippen molar-refractivity contribution in [3.63, 3.8) is 0 Å². The van der Waals surface area contributed by atoms with Crippen molar-refractivity contribution in [1.82, 2.24) is 24.9 Å². The summed E-state index contributed by atoms with van der Waals surface area (Å²) >= 11 is 0. The summed E-state index contributed by atoms with van der Waals surface area (Å²) in [5.41, 5.74) is 6.97. The van der Waals surface area contributed by atoms with Crippen LogP contribution in [-0.4, -0.2) is 24.9 Å². The van der Waals surface area contributed by atoms with Crippen LogP contribution < -0.4 is 0 Å². The summed E-state index contributed by atoms with van der Waals surface area (Å²) in [6.45, 7) is 0. The maximum atomic E-state index is 5.19. The minimum Gasteiger partial charge on any atom is -0.254 e. The molecule has 5 aromatic heterocycles. The summed E-state index contributed by atoms with van der Waals surface area (Å²) in [5.74, 6) is 0. The second-order valence-corrected chi connectivity index (χ2v) is 8.98. The van der Waals surface area contributed by atoms with E-state index in [0.29, 0.717) is 0 Å². The zero-order valence-corrected chi connectivity index (χ0v) is 19.1. The van der Waals surface area contributed by atoms with Crippen molar-refractivity contribution in [2.45, 2.75) is 0 Å². The van der Waals surface area contributed by atoms with E-state index >= 15 is 0 Å². The van der Waals surface area contributed by atoms with E-state index in [1.165, 1.54) is 0 Å². The molecule has 8 aromatic rings. The quantitative estimate of drug-likeness (QED) is 0.191. The second-order valence-electron chi connectivity index (χ2n) is 8.98. The normalized spacial score (nSPS) is 11.9. The molecule has 0 bridgehead atoms. The van der Waals surface area contributed by atoms with Crippen LogP contribution in [0.2, 0.25) is 0 Å². The molecule has 5 heterocycles. The van der Waals surface area contributed by atoms with Gasteiger partial charge in [0, 0.05) is 44.7 Å². The van der Waals surface area contributed by atoms with Gasteiger partial charge in [0.05, 0.1) is 44.5 Å². The smallest absolute Gasteiger partial charge is 0.0988 e. The minimum atomic E-state index is 0.802. The first-order valence-electron chi connectivity index (χ1n) is 11.9. The maximum absolute atomic E-state index is 5.19. The predicted molar refractivity (Wildman–Crippen MR) is 146 cm³/mol. The van der Waals surface area contributed by atoms with Crippen molar-refractivity contribution in [3.05, 3.63) is 103 Å². The number of hydrogen-bond acceptors (Lipinski definition) is 5. The van der Waals surface area contributed by atoms with Gasteiger partial charge in [0.25, 0.3) is 0 Å². The average molecular weight is 460 g/mol. The molecule has 8 rings (SSSR count). The van der Waals surface area contributed by atoms with Crippen LogP contribution in [0.1, 0.15) is 0 Å². The van der Waals surface area contributed by atoms with E-state index in [-0.39, 0.29) is 0 Å². The van der Waals surface area contributed by atoms with Gasteiger partial charge in [-0.1, -0.05) is 60.7 Å². The van der Waals surface area contributed by atoms with Gasteiger partial charge in [0.1, 0.15) is 0 Å². The molecule has 0 atom stereocenters. The van der Waals surface area contributed by atoms with Gasteiger partial charge in [0.15, 0.2) is 0 Å². The number of hydrogen-bond donors (Lipinski definition) is 0. The van der Waals surface area contributed by atoms with Gasteiger partial charge in [-0.3, -0.25) is 9.97 Å². The van der Waals surface area contributed by atoms with Gasteiger partial charge in [-0.25, -0.2) is 15.0 Å². The molecule has 0 amide bonds. The number of nitrogens with zero attached hydrogens (tertiary/aromatic N) is 5. The van der Waals surface area contributed by atoms with Crippen molar-refractivity contribution in [3.8, 4) is 11.4 Å². The van der Waals surface area contributed by atoms with Crippen LogP contribution in [0, 0.1) is 0 Å². The molecule has 0 fully saturated rings. The Labute approximate surface area is 205 Å². The molecule has 0 radical (unpaired) electrons. The Bertz CT molecular complexity index is 2170. The van der Waals surface area contributed by atoms with Gasteiger partial charge in [-0.2, -0.15) is 0 Å². The Morgan fingerprint density at radius 1 is 0.417 bits per heavy atom. The Hall–Kier alpha value is -5.03. The summed E-state index contributed by atoms with van der Waals surface area (Å²) in [6.07, 6.45) is 3.63. The van der Waals surface area contributed by atoms with E-state index in [1.54, 1.807) is 0 Å². The Kier molecular flexibility index (Phi) is 3.88. The topological polar surface area (TPSA) is 64.5 Å². The molecule has 36 heavy (non-hydrogen) atoms. The molecule has 0 spiro atoms. The van der Waals surface area contributed by atoms with Crippen LogP contribution in [0.15, 0.2) is 103 Å². The largest absolute Gasteiger partial charge is 0.254 e. The molecular weight excluding hydrogens is 442 g/mol. The minimum absolute atomic E-state index is 0.802. The van der Waals surface area contributed by atoms with Gasteiger partial charge in [-0.05, 0) is 30.3 Å². The molecule has 0 aliphatic rings. The molecule has 0 aliphatic heterocycles. The lowest BCUT2D eigenvalue weighted by Gasteiger charge is -2.12. The molecule has 0 aliphatic carbocycles. The SMILES string of the molecule is c1cnc2c(c1)ccc1ccc(-c3nc4ccccc4c4nc5c(ccc6cccnc65)cc34)nc12. The summed E-state index contributed by atoms with van der Waals surface area (Å²) in [4.78, 5) is 24.6. The highest BCUT2D eigenvalue weighted by Crippen LogP contribution is 2.35. The zero-order chi connectivity index (χ0) is 23.6. The first-order valence-corrected chi connectivity index (χ1v) is 11.9. The number of para-hydroxylation sites is 1. The third kappa shape index (κ3) is 2.74. The Morgan fingerprint density at radius 3 is 1.83 bits per heavy atom. The summed E-state index contributed by atoms with van der Waals surface area (Å²) in [6, 6.07) is 30.9. The summed E-state index contributed by atoms with van der Waals surface area (Å²) < 4.78 is 0. The lowest BCUT2D eigenvalue weighted by Crippen LogP contribution is -1.96. The lowest BCUT2D eigenvalue weighted by molar-refractivity contribution is 1.32. The fourth-order valence-corrected chi connectivity index (χ4v) is 5.16. The van der Waals surface area contributed by atoms with E-state index in [0.717, 1.165) is 76.8 Å². The van der Waals surface area contributed by atoms with Gasteiger partial charge in [-0.15, -0.1) is 0 Å². The molecule has 0 N–H and O–H groups in total. The van der Waals surface area contributed by atoms with Crippen LogP contribution in [0.5, 0.6) is 0 Å². The van der Waals surface area contributed by atoms with Crippen molar-refractivity contribution < 1.29 is 0 Å². The van der Waals surface area contributed by atoms with E-state index < -0.39 is 0 Å². The van der Waals surface area contributed by atoms with E-state index in [1.807, 2.05) is 48.8 Å². The molecular formula is C31H17N5. The van der Waals surface area contributed by atoms with Crippen LogP contribution in [-0.2, 0) is 0 Å². The molecule has 3 aromatic carbocycles. The van der Waals surface area contributed by atoms with Crippen LogP contribution in [0.4, 0.5) is 0 Å². The zero-order valence-electron chi connectivity index (χ0n) is 19.1. The number of aromatic nitrogens is 5. The Morgan fingerprint density at radius 2 is 1.06 bits per heavy atom. The lowest BCUT2D eigenvalue weighted by atomic mass is 10.0. The number of pyridine rings is 5. The highest BCUT2D eigenvalue weighted by Gasteiger charge is 2.16. The molecule has 166 valence electrons. The predicted octanol–water partition coefficient (Wildman–Crippen LogP) is 7.25. The molecule has 5 nitrogen and oxygen atoms in total. The molecule has 0 saturated heterocycles. The van der Waals surface area contributed by atoms with E-state index in [2.05, 4.69) is 64.6 Å². The van der Waals surface area contributed by atoms with Crippen LogP contribution in [0.3, 0.4) is 0 Å². The van der Waals surface area contributed by atoms with Gasteiger partial charge >= 0.3 is 0 Å². The van der Waals surface area contributed by atoms with E-state index in [9.17, 15) is 0 Å². The molecule has 5 heteroatoms. The number of rotatable bonds is 1. The van der Waals surface area contributed by atoms with E-state index in [4.69, 9.17) is 15.0 Å². The van der Waals surface area contributed by atoms with Crippen LogP contribution >= 0.6 is 0 Å². The van der Waals surface area contributed by atoms with Gasteiger partial charge in [0.2, 0.25) is 0 Å². The van der Waals surface area contributed by atoms with Crippen molar-refractivity contribution >= 4 is 65.4 Å². The third-order valence-electron chi connectivity index (χ3n) is 6.88. The Balaban J connectivity index is 1.51. The maximum Gasteiger partial charge on any atom is 0.0988 e. The first-order chi connectivity index (χ1) is 17.8. The first kappa shape index (κ1) is 19.3. The van der Waals surface area contributed by atoms with Crippen LogP contribution in [0.25, 0.3) is 76.8 Å². The molecule has 0 unspecified atom stereocenters. The number of benzene rings is 3. The average Bonchev–Trinajstić information content (AvgIpc) is 2.95. The highest BCUT2D eigenvalue weighted by atomic mass is 14.8. The van der Waals surface area contributed by atoms with Crippen molar-refractivity contribution in [1.29, 1.82) is 0 Å². The monoisotopic (exact) mass is 459 g/mol. The number of fused-ring (bicyclic) bond motifs is 9. The highest BCUT2D eigenvalue weighted by molar-refractivity contribution is 6.15. The summed E-state index contributed by atoms with van der Waals surface area (Å²) in [5, 5.41) is 6.20. The standard InChI is InChI=1S/C31H17N5/c1-2-8-24-22(7-1)30-23(17-21-12-11-19-6-4-16-33-27(19)29(21)36-30)31(34-24)25-14-13-20-10-9-18-5-3-15-32-26(18)28(20)35-25/h1-17H. The fraction of sp³-hybridized carbons (Fsp3) is 0. The third-order valence-corrected chi connectivity index (χ3v) is 6.88. The second kappa shape index (κ2) is 7.23. The summed E-state index contributed by atoms with van der Waals surface area (Å²) in [7, 11) is 0. The van der Waals surface area contributed by atoms with Crippen molar-refractivity contribution in [2.24, 2.45) is 0 Å². The molecule has 0 saturated carbocycles. The fourth-order valence-electron chi connectivity index (χ4n) is 5.16. The van der Waals surface area contributed by atoms with Gasteiger partial charge < -0.3 is 0 Å².